The van der Waals surface area contributed by atoms with E-state index in [2.05, 4.69) is 36.4 Å². The molecule has 2 heteroatoms. The highest BCUT2D eigenvalue weighted by atomic mass is 16.5. The molecule has 0 radical (unpaired) electrons. The summed E-state index contributed by atoms with van der Waals surface area (Å²) in [5.41, 5.74) is 1.39. The summed E-state index contributed by atoms with van der Waals surface area (Å²) in [6.07, 6.45) is 8.83. The lowest BCUT2D eigenvalue weighted by molar-refractivity contribution is -0.142. The molecule has 0 bridgehead atoms. The Morgan fingerprint density at radius 2 is 1.89 bits per heavy atom. The van der Waals surface area contributed by atoms with E-state index in [1.807, 2.05) is 13.0 Å². The summed E-state index contributed by atoms with van der Waals surface area (Å²) >= 11 is 0. The predicted octanol–water partition coefficient (Wildman–Crippen LogP) is 3.91. The minimum Gasteiger partial charge on any atom is -0.466 e. The highest BCUT2D eigenvalue weighted by Gasteiger charge is 1.97. The van der Waals surface area contributed by atoms with Crippen LogP contribution in [0.4, 0.5) is 0 Å². The van der Waals surface area contributed by atoms with Crippen LogP contribution in [0.25, 0.3) is 0 Å². The summed E-state index contributed by atoms with van der Waals surface area (Å²) in [6, 6.07) is 10.5. The van der Waals surface area contributed by atoms with Gasteiger partial charge in [0.1, 0.15) is 0 Å². The van der Waals surface area contributed by atoms with Gasteiger partial charge in [-0.2, -0.15) is 0 Å². The Morgan fingerprint density at radius 3 is 2.61 bits per heavy atom. The number of esters is 1. The molecule has 0 heterocycles. The summed E-state index contributed by atoms with van der Waals surface area (Å²) in [5.74, 6) is -0.105. The third kappa shape index (κ3) is 6.89. The van der Waals surface area contributed by atoms with Crippen molar-refractivity contribution in [1.29, 1.82) is 0 Å². The molecule has 18 heavy (non-hydrogen) atoms. The van der Waals surface area contributed by atoms with E-state index in [-0.39, 0.29) is 5.97 Å². The van der Waals surface area contributed by atoms with Crippen LogP contribution in [0.5, 0.6) is 0 Å². The first-order valence-electron chi connectivity index (χ1n) is 6.67. The van der Waals surface area contributed by atoms with E-state index < -0.39 is 0 Å². The monoisotopic (exact) mass is 246 g/mol. The van der Waals surface area contributed by atoms with Crippen molar-refractivity contribution in [2.24, 2.45) is 0 Å². The Balaban J connectivity index is 2.02. The number of benzene rings is 1. The molecule has 1 aromatic carbocycles. The first-order valence-corrected chi connectivity index (χ1v) is 6.67. The van der Waals surface area contributed by atoms with Crippen LogP contribution < -0.4 is 0 Å². The largest absolute Gasteiger partial charge is 0.466 e. The van der Waals surface area contributed by atoms with E-state index in [0.717, 1.165) is 25.7 Å². The SMILES string of the molecule is CCOC(=O)CCC=CCCCc1ccccc1. The zero-order valence-corrected chi connectivity index (χ0v) is 11.1. The van der Waals surface area contributed by atoms with E-state index in [9.17, 15) is 4.79 Å². The molecule has 0 spiro atoms. The molecule has 0 aliphatic carbocycles. The molecule has 0 atom stereocenters. The standard InChI is InChI=1S/C16H22O2/c1-2-18-16(17)14-10-5-3-4-7-11-15-12-8-6-9-13-15/h3,5-6,8-9,12-13H,2,4,7,10-11,14H2,1H3. The Hall–Kier alpha value is -1.57. The van der Waals surface area contributed by atoms with Gasteiger partial charge in [-0.15, -0.1) is 0 Å². The summed E-state index contributed by atoms with van der Waals surface area (Å²) in [4.78, 5) is 11.1. The number of rotatable bonds is 8. The second-order valence-electron chi connectivity index (χ2n) is 4.19. The van der Waals surface area contributed by atoms with Gasteiger partial charge in [-0.3, -0.25) is 4.79 Å². The van der Waals surface area contributed by atoms with Gasteiger partial charge in [-0.05, 0) is 38.2 Å². The fraction of sp³-hybridized carbons (Fsp3) is 0.438. The second-order valence-corrected chi connectivity index (χ2v) is 4.19. The van der Waals surface area contributed by atoms with Gasteiger partial charge in [0.2, 0.25) is 0 Å². The van der Waals surface area contributed by atoms with Gasteiger partial charge < -0.3 is 4.74 Å². The Bertz CT molecular complexity index is 355. The average Bonchev–Trinajstić information content (AvgIpc) is 2.39. The molecule has 0 amide bonds. The summed E-state index contributed by atoms with van der Waals surface area (Å²) in [5, 5.41) is 0. The predicted molar refractivity (Wildman–Crippen MR) is 74.4 cm³/mol. The van der Waals surface area contributed by atoms with Gasteiger partial charge in [0.05, 0.1) is 6.61 Å². The van der Waals surface area contributed by atoms with Crippen molar-refractivity contribution in [2.75, 3.05) is 6.61 Å². The van der Waals surface area contributed by atoms with Crippen molar-refractivity contribution in [3.63, 3.8) is 0 Å². The van der Waals surface area contributed by atoms with Crippen molar-refractivity contribution < 1.29 is 9.53 Å². The normalized spacial score (nSPS) is 10.7. The van der Waals surface area contributed by atoms with Crippen LogP contribution in [0.2, 0.25) is 0 Å². The Kier molecular flexibility index (Phi) is 7.61. The molecule has 1 rings (SSSR count). The molecule has 0 saturated carbocycles. The first-order chi connectivity index (χ1) is 8.83. The maximum atomic E-state index is 11.1. The lowest BCUT2D eigenvalue weighted by atomic mass is 10.1. The van der Waals surface area contributed by atoms with Gasteiger partial charge in [0.25, 0.3) is 0 Å². The summed E-state index contributed by atoms with van der Waals surface area (Å²) < 4.78 is 4.85. The molecule has 98 valence electrons. The first kappa shape index (κ1) is 14.5. The molecule has 1 aromatic rings. The lowest BCUT2D eigenvalue weighted by Crippen LogP contribution is -2.02. The lowest BCUT2D eigenvalue weighted by Gasteiger charge is -1.99. The number of aryl methyl sites for hydroxylation is 1. The third-order valence-corrected chi connectivity index (χ3v) is 2.67. The van der Waals surface area contributed by atoms with Crippen LogP contribution in [0.15, 0.2) is 42.5 Å². The fourth-order valence-corrected chi connectivity index (χ4v) is 1.74. The van der Waals surface area contributed by atoms with Crippen LogP contribution >= 0.6 is 0 Å². The van der Waals surface area contributed by atoms with E-state index in [4.69, 9.17) is 4.74 Å². The van der Waals surface area contributed by atoms with Crippen molar-refractivity contribution in [2.45, 2.75) is 39.0 Å². The average molecular weight is 246 g/mol. The molecular formula is C16H22O2. The van der Waals surface area contributed by atoms with Gasteiger partial charge >= 0.3 is 5.97 Å². The number of hydrogen-bond donors (Lipinski definition) is 0. The number of unbranched alkanes of at least 4 members (excludes halogenated alkanes) is 1. The van der Waals surface area contributed by atoms with Crippen LogP contribution in [0, 0.1) is 0 Å². The molecule has 0 aliphatic rings. The van der Waals surface area contributed by atoms with Gasteiger partial charge in [-0.1, -0.05) is 42.5 Å². The molecule has 0 N–H and O–H groups in total. The molecule has 0 fully saturated rings. The quantitative estimate of drug-likeness (QED) is 0.395. The van der Waals surface area contributed by atoms with Crippen molar-refractivity contribution in [3.05, 3.63) is 48.0 Å². The van der Waals surface area contributed by atoms with Crippen LogP contribution in [0.3, 0.4) is 0 Å². The van der Waals surface area contributed by atoms with Crippen molar-refractivity contribution >= 4 is 5.97 Å². The van der Waals surface area contributed by atoms with Crippen molar-refractivity contribution in [1.82, 2.24) is 0 Å². The molecular weight excluding hydrogens is 224 g/mol. The minimum absolute atomic E-state index is 0.105. The topological polar surface area (TPSA) is 26.3 Å². The number of carbonyl (C=O) groups excluding carboxylic acids is 1. The molecule has 0 aliphatic heterocycles. The minimum atomic E-state index is -0.105. The smallest absolute Gasteiger partial charge is 0.306 e. The van der Waals surface area contributed by atoms with Gasteiger partial charge in [0, 0.05) is 6.42 Å². The number of allylic oxidation sites excluding steroid dienone is 2. The van der Waals surface area contributed by atoms with Crippen LogP contribution in [0.1, 0.15) is 38.2 Å². The fourth-order valence-electron chi connectivity index (χ4n) is 1.74. The molecule has 0 aromatic heterocycles. The molecule has 0 saturated heterocycles. The highest BCUT2D eigenvalue weighted by Crippen LogP contribution is 2.05. The highest BCUT2D eigenvalue weighted by molar-refractivity contribution is 5.69. The second kappa shape index (κ2) is 9.46. The number of carbonyl (C=O) groups is 1. The zero-order chi connectivity index (χ0) is 13.1. The Labute approximate surface area is 110 Å². The molecule has 0 unspecified atom stereocenters. The van der Waals surface area contributed by atoms with Crippen LogP contribution in [-0.2, 0) is 16.0 Å². The van der Waals surface area contributed by atoms with E-state index >= 15 is 0 Å². The van der Waals surface area contributed by atoms with Crippen LogP contribution in [-0.4, -0.2) is 12.6 Å². The molecule has 2 nitrogen and oxygen atoms in total. The maximum Gasteiger partial charge on any atom is 0.306 e. The van der Waals surface area contributed by atoms with E-state index in [1.54, 1.807) is 0 Å². The van der Waals surface area contributed by atoms with Crippen molar-refractivity contribution in [3.8, 4) is 0 Å². The summed E-state index contributed by atoms with van der Waals surface area (Å²) in [6.45, 7) is 2.30. The van der Waals surface area contributed by atoms with Gasteiger partial charge in [-0.25, -0.2) is 0 Å². The third-order valence-electron chi connectivity index (χ3n) is 2.67. The maximum absolute atomic E-state index is 11.1. The Morgan fingerprint density at radius 1 is 1.17 bits per heavy atom. The van der Waals surface area contributed by atoms with E-state index in [1.165, 1.54) is 5.56 Å². The number of ether oxygens (including phenoxy) is 1. The number of hydrogen-bond acceptors (Lipinski definition) is 2. The summed E-state index contributed by atoms with van der Waals surface area (Å²) in [7, 11) is 0. The van der Waals surface area contributed by atoms with E-state index in [0.29, 0.717) is 13.0 Å². The van der Waals surface area contributed by atoms with Gasteiger partial charge in [0.15, 0.2) is 0 Å². The zero-order valence-electron chi connectivity index (χ0n) is 11.1.